The Morgan fingerprint density at radius 1 is 1.54 bits per heavy atom. The van der Waals surface area contributed by atoms with Crippen LogP contribution in [0.15, 0.2) is 18.2 Å². The van der Waals surface area contributed by atoms with Crippen molar-refractivity contribution in [3.8, 4) is 0 Å². The van der Waals surface area contributed by atoms with Crippen molar-refractivity contribution >= 4 is 16.8 Å². The molecular weight excluding hydrogens is 185 g/mol. The Morgan fingerprint density at radius 3 is 2.77 bits per heavy atom. The van der Waals surface area contributed by atoms with Gasteiger partial charge in [-0.05, 0) is 36.4 Å². The second-order valence-corrected chi connectivity index (χ2v) is 3.50. The van der Waals surface area contributed by atoms with E-state index >= 15 is 0 Å². The van der Waals surface area contributed by atoms with Crippen LogP contribution in [-0.2, 0) is 6.42 Å². The van der Waals surface area contributed by atoms with Crippen LogP contribution >= 0.6 is 11.8 Å². The largest absolute Gasteiger partial charge is 0.293 e. The number of halogens is 1. The molecule has 0 amide bonds. The average molecular weight is 197 g/mol. The van der Waals surface area contributed by atoms with Crippen LogP contribution in [0.2, 0.25) is 0 Å². The highest BCUT2D eigenvalue weighted by atomic mass is 32.2. The first-order chi connectivity index (χ1) is 6.19. The highest BCUT2D eigenvalue weighted by Crippen LogP contribution is 2.16. The van der Waals surface area contributed by atoms with Gasteiger partial charge in [-0.2, -0.15) is 0 Å². The Hall–Kier alpha value is -0.830. The van der Waals surface area contributed by atoms with Crippen molar-refractivity contribution in [3.63, 3.8) is 0 Å². The van der Waals surface area contributed by atoms with Crippen LogP contribution in [0.4, 0.5) is 4.39 Å². The van der Waals surface area contributed by atoms with Crippen molar-refractivity contribution < 1.29 is 4.39 Å². The van der Waals surface area contributed by atoms with Gasteiger partial charge in [0.2, 0.25) is 0 Å². The summed E-state index contributed by atoms with van der Waals surface area (Å²) in [5, 5.41) is 8.13. The van der Waals surface area contributed by atoms with Crippen molar-refractivity contribution in [1.82, 2.24) is 0 Å². The Balaban J connectivity index is 3.13. The predicted octanol–water partition coefficient (Wildman–Crippen LogP) is 3.08. The fraction of sp³-hybridized carbons (Fsp3) is 0.300. The lowest BCUT2D eigenvalue weighted by Crippen LogP contribution is -1.99. The molecule has 0 fully saturated rings. The molecule has 0 atom stereocenters. The van der Waals surface area contributed by atoms with Gasteiger partial charge in [-0.3, -0.25) is 5.41 Å². The van der Waals surface area contributed by atoms with Gasteiger partial charge in [0.1, 0.15) is 5.82 Å². The molecule has 0 radical (unpaired) electrons. The summed E-state index contributed by atoms with van der Waals surface area (Å²) >= 11 is 1.37. The molecule has 0 aromatic heterocycles. The molecule has 0 saturated carbocycles. The van der Waals surface area contributed by atoms with E-state index in [1.807, 2.05) is 13.2 Å². The van der Waals surface area contributed by atoms with Crippen molar-refractivity contribution in [1.29, 1.82) is 5.41 Å². The van der Waals surface area contributed by atoms with E-state index in [1.165, 1.54) is 23.9 Å². The van der Waals surface area contributed by atoms with Crippen LogP contribution in [0.5, 0.6) is 0 Å². The van der Waals surface area contributed by atoms with Gasteiger partial charge < -0.3 is 0 Å². The Bertz CT molecular complexity index is 323. The lowest BCUT2D eigenvalue weighted by Gasteiger charge is -2.06. The number of aryl methyl sites for hydroxylation is 1. The number of nitrogens with one attached hydrogen (secondary N) is 1. The molecule has 0 aliphatic carbocycles. The number of hydrogen-bond donors (Lipinski definition) is 1. The molecular formula is C10H12FNS. The second-order valence-electron chi connectivity index (χ2n) is 2.69. The summed E-state index contributed by atoms with van der Waals surface area (Å²) in [7, 11) is 0. The molecule has 3 heteroatoms. The highest BCUT2D eigenvalue weighted by Gasteiger charge is 2.06. The third-order valence-electron chi connectivity index (χ3n) is 1.90. The third kappa shape index (κ3) is 2.31. The van der Waals surface area contributed by atoms with Crippen molar-refractivity contribution in [2.75, 3.05) is 6.26 Å². The minimum atomic E-state index is -0.227. The first-order valence-electron chi connectivity index (χ1n) is 4.10. The second kappa shape index (κ2) is 4.42. The maximum atomic E-state index is 12.8. The summed E-state index contributed by atoms with van der Waals surface area (Å²) in [5.41, 5.74) is 1.75. The minimum Gasteiger partial charge on any atom is -0.293 e. The van der Waals surface area contributed by atoms with Crippen LogP contribution in [-0.4, -0.2) is 11.3 Å². The number of thioether (sulfide) groups is 1. The van der Waals surface area contributed by atoms with E-state index in [9.17, 15) is 4.39 Å². The molecule has 0 unspecified atom stereocenters. The zero-order valence-corrected chi connectivity index (χ0v) is 8.54. The summed E-state index contributed by atoms with van der Waals surface area (Å²) in [6.07, 6.45) is 2.61. The van der Waals surface area contributed by atoms with Gasteiger partial charge in [0.05, 0.1) is 5.04 Å². The number of rotatable bonds is 2. The average Bonchev–Trinajstić information content (AvgIpc) is 2.16. The zero-order chi connectivity index (χ0) is 9.84. The smallest absolute Gasteiger partial charge is 0.123 e. The van der Waals surface area contributed by atoms with Gasteiger partial charge in [-0.15, -0.1) is 11.8 Å². The highest BCUT2D eigenvalue weighted by molar-refractivity contribution is 8.13. The lowest BCUT2D eigenvalue weighted by atomic mass is 10.1. The monoisotopic (exact) mass is 197 g/mol. The van der Waals surface area contributed by atoms with E-state index in [-0.39, 0.29) is 5.82 Å². The third-order valence-corrected chi connectivity index (χ3v) is 2.53. The Labute approximate surface area is 81.9 Å². The fourth-order valence-electron chi connectivity index (χ4n) is 1.19. The van der Waals surface area contributed by atoms with Crippen molar-refractivity contribution in [2.24, 2.45) is 0 Å². The Kier molecular flexibility index (Phi) is 3.48. The molecule has 0 spiro atoms. The van der Waals surface area contributed by atoms with E-state index in [0.717, 1.165) is 17.5 Å². The van der Waals surface area contributed by atoms with E-state index in [0.29, 0.717) is 5.04 Å². The molecule has 0 aliphatic rings. The number of benzene rings is 1. The summed E-state index contributed by atoms with van der Waals surface area (Å²) in [4.78, 5) is 0. The van der Waals surface area contributed by atoms with Gasteiger partial charge in [0.15, 0.2) is 0 Å². The quantitative estimate of drug-likeness (QED) is 0.571. The van der Waals surface area contributed by atoms with Crippen LogP contribution in [0.25, 0.3) is 0 Å². The molecule has 0 aliphatic heterocycles. The fourth-order valence-corrected chi connectivity index (χ4v) is 1.61. The van der Waals surface area contributed by atoms with Crippen LogP contribution in [0, 0.1) is 11.2 Å². The summed E-state index contributed by atoms with van der Waals surface area (Å²) in [6.45, 7) is 1.96. The molecule has 1 rings (SSSR count). The molecule has 13 heavy (non-hydrogen) atoms. The SMILES string of the molecule is CCc1cc(F)ccc1C(=N)SC. The van der Waals surface area contributed by atoms with E-state index in [4.69, 9.17) is 5.41 Å². The number of hydrogen-bond acceptors (Lipinski definition) is 2. The molecule has 1 N–H and O–H groups in total. The maximum absolute atomic E-state index is 12.8. The summed E-state index contributed by atoms with van der Waals surface area (Å²) in [5.74, 6) is -0.227. The lowest BCUT2D eigenvalue weighted by molar-refractivity contribution is 0.625. The van der Waals surface area contributed by atoms with E-state index in [1.54, 1.807) is 6.07 Å². The van der Waals surface area contributed by atoms with Crippen LogP contribution in [0.3, 0.4) is 0 Å². The van der Waals surface area contributed by atoms with Crippen molar-refractivity contribution in [3.05, 3.63) is 35.1 Å². The van der Waals surface area contributed by atoms with Gasteiger partial charge >= 0.3 is 0 Å². The van der Waals surface area contributed by atoms with Gasteiger partial charge in [-0.1, -0.05) is 6.92 Å². The van der Waals surface area contributed by atoms with Gasteiger partial charge in [0.25, 0.3) is 0 Å². The van der Waals surface area contributed by atoms with E-state index < -0.39 is 0 Å². The van der Waals surface area contributed by atoms with Crippen LogP contribution < -0.4 is 0 Å². The standard InChI is InChI=1S/C10H12FNS/c1-3-7-6-8(11)4-5-9(7)10(12)13-2/h4-6,12H,3H2,1-2H3. The predicted molar refractivity (Wildman–Crippen MR) is 56.1 cm³/mol. The molecule has 0 heterocycles. The first-order valence-corrected chi connectivity index (χ1v) is 5.32. The van der Waals surface area contributed by atoms with Crippen LogP contribution in [0.1, 0.15) is 18.1 Å². The van der Waals surface area contributed by atoms with Gasteiger partial charge in [-0.25, -0.2) is 4.39 Å². The normalized spacial score (nSPS) is 10.1. The van der Waals surface area contributed by atoms with Gasteiger partial charge in [0, 0.05) is 5.56 Å². The minimum absolute atomic E-state index is 0.227. The molecule has 0 saturated heterocycles. The molecule has 1 aromatic rings. The van der Waals surface area contributed by atoms with Crippen molar-refractivity contribution in [2.45, 2.75) is 13.3 Å². The molecule has 1 aromatic carbocycles. The van der Waals surface area contributed by atoms with E-state index in [2.05, 4.69) is 0 Å². The molecule has 1 nitrogen and oxygen atoms in total. The topological polar surface area (TPSA) is 23.9 Å². The summed E-state index contributed by atoms with van der Waals surface area (Å²) < 4.78 is 12.8. The first kappa shape index (κ1) is 10.3. The Morgan fingerprint density at radius 2 is 2.23 bits per heavy atom. The summed E-state index contributed by atoms with van der Waals surface area (Å²) in [6, 6.07) is 4.58. The molecule has 70 valence electrons. The maximum Gasteiger partial charge on any atom is 0.123 e. The zero-order valence-electron chi connectivity index (χ0n) is 7.73. The molecule has 0 bridgehead atoms.